The number of carbonyl (C=O) groups is 2. The number of carboxylic acid groups (broad SMARTS) is 1. The third-order valence-electron chi connectivity index (χ3n) is 5.43. The normalized spacial score (nSPS) is 28.3. The van der Waals surface area contributed by atoms with Crippen LogP contribution in [0.3, 0.4) is 0 Å². The molecule has 23 heavy (non-hydrogen) atoms. The number of aliphatic carboxylic acids is 1. The molecule has 0 saturated heterocycles. The summed E-state index contributed by atoms with van der Waals surface area (Å²) in [5.74, 6) is -0.847. The predicted octanol–water partition coefficient (Wildman–Crippen LogP) is 4.08. The Morgan fingerprint density at radius 3 is 2.65 bits per heavy atom. The van der Waals surface area contributed by atoms with Gasteiger partial charge in [0.1, 0.15) is 0 Å². The van der Waals surface area contributed by atoms with E-state index in [1.54, 1.807) is 0 Å². The summed E-state index contributed by atoms with van der Waals surface area (Å²) in [5, 5.41) is 11.6. The Kier molecular flexibility index (Phi) is 3.12. The number of hydrogen-bond donors (Lipinski definition) is 1. The number of rotatable bonds is 4. The highest BCUT2D eigenvalue weighted by Gasteiger charge is 2.52. The van der Waals surface area contributed by atoms with Gasteiger partial charge in [-0.1, -0.05) is 48.6 Å². The Hall–Kier alpha value is -2.42. The van der Waals surface area contributed by atoms with E-state index in [1.165, 1.54) is 0 Å². The van der Waals surface area contributed by atoms with Crippen LogP contribution < -0.4 is 0 Å². The molecule has 4 rings (SSSR count). The number of allylic oxidation sites excluding steroid dienone is 2. The van der Waals surface area contributed by atoms with Crippen LogP contribution in [0.5, 0.6) is 0 Å². The molecule has 1 fully saturated rings. The van der Waals surface area contributed by atoms with Crippen molar-refractivity contribution in [2.45, 2.75) is 19.3 Å². The van der Waals surface area contributed by atoms with Crippen LogP contribution in [0.15, 0.2) is 54.6 Å². The fourth-order valence-corrected chi connectivity index (χ4v) is 4.27. The minimum absolute atomic E-state index is 0.0363. The molecule has 1 N–H and O–H groups in total. The quantitative estimate of drug-likeness (QED) is 0.684. The molecule has 0 radical (unpaired) electrons. The molecule has 3 unspecified atom stereocenters. The SMILES string of the molecule is O=C(CC12C=CC(CC1C(=O)O)C2)c1ccc2ccccc2c1. The molecular weight excluding hydrogens is 288 g/mol. The molecule has 0 aromatic heterocycles. The second kappa shape index (κ2) is 5.05. The first-order valence-corrected chi connectivity index (χ1v) is 8.02. The van der Waals surface area contributed by atoms with Crippen LogP contribution in [0.25, 0.3) is 10.8 Å². The Morgan fingerprint density at radius 1 is 1.13 bits per heavy atom. The van der Waals surface area contributed by atoms with Crippen LogP contribution in [0.4, 0.5) is 0 Å². The molecule has 2 aliphatic carbocycles. The van der Waals surface area contributed by atoms with Crippen LogP contribution in [-0.2, 0) is 4.79 Å². The summed E-state index contributed by atoms with van der Waals surface area (Å²) >= 11 is 0. The number of Topliss-reactive ketones (excluding diaryl/α,β-unsaturated/α-hetero) is 1. The lowest BCUT2D eigenvalue weighted by molar-refractivity contribution is -0.144. The maximum absolute atomic E-state index is 12.8. The Morgan fingerprint density at radius 2 is 1.91 bits per heavy atom. The molecule has 2 bridgehead atoms. The van der Waals surface area contributed by atoms with E-state index < -0.39 is 17.3 Å². The van der Waals surface area contributed by atoms with Gasteiger partial charge in [-0.25, -0.2) is 0 Å². The van der Waals surface area contributed by atoms with E-state index in [2.05, 4.69) is 6.08 Å². The molecule has 0 spiro atoms. The van der Waals surface area contributed by atoms with Crippen LogP contribution in [0, 0.1) is 17.3 Å². The van der Waals surface area contributed by atoms with Crippen molar-refractivity contribution >= 4 is 22.5 Å². The van der Waals surface area contributed by atoms with E-state index >= 15 is 0 Å². The van der Waals surface area contributed by atoms with Gasteiger partial charge in [-0.15, -0.1) is 0 Å². The Balaban J connectivity index is 1.64. The second-order valence-corrected chi connectivity index (χ2v) is 6.84. The van der Waals surface area contributed by atoms with Gasteiger partial charge in [0.15, 0.2) is 5.78 Å². The first-order valence-electron chi connectivity index (χ1n) is 8.02. The molecule has 1 saturated carbocycles. The predicted molar refractivity (Wildman–Crippen MR) is 88.3 cm³/mol. The third kappa shape index (κ3) is 2.27. The van der Waals surface area contributed by atoms with Crippen LogP contribution in [-0.4, -0.2) is 16.9 Å². The molecule has 2 aromatic rings. The number of benzene rings is 2. The minimum atomic E-state index is -0.775. The van der Waals surface area contributed by atoms with Gasteiger partial charge in [-0.05, 0) is 35.6 Å². The molecule has 0 amide bonds. The standard InChI is InChI=1S/C20H18O3/c21-18(16-6-5-14-3-1-2-4-15(14)10-16)12-20-8-7-13(11-20)9-17(20)19(22)23/h1-8,10,13,17H,9,11-12H2,(H,22,23). The number of ketones is 1. The summed E-state index contributed by atoms with van der Waals surface area (Å²) in [6.45, 7) is 0. The van der Waals surface area contributed by atoms with Crippen LogP contribution in [0.2, 0.25) is 0 Å². The molecule has 3 atom stereocenters. The van der Waals surface area contributed by atoms with E-state index in [0.29, 0.717) is 17.9 Å². The van der Waals surface area contributed by atoms with Crippen LogP contribution in [0.1, 0.15) is 29.6 Å². The summed E-state index contributed by atoms with van der Waals surface area (Å²) < 4.78 is 0. The van der Waals surface area contributed by atoms with E-state index in [-0.39, 0.29) is 12.2 Å². The number of carbonyl (C=O) groups excluding carboxylic acids is 1. The molecular formula is C20H18O3. The van der Waals surface area contributed by atoms with Gasteiger partial charge in [0.2, 0.25) is 0 Å². The van der Waals surface area contributed by atoms with Crippen molar-refractivity contribution in [3.63, 3.8) is 0 Å². The minimum Gasteiger partial charge on any atom is -0.481 e. The van der Waals surface area contributed by atoms with Crippen molar-refractivity contribution in [2.24, 2.45) is 17.3 Å². The first-order chi connectivity index (χ1) is 11.1. The van der Waals surface area contributed by atoms with E-state index in [9.17, 15) is 14.7 Å². The Bertz CT molecular complexity index is 836. The summed E-state index contributed by atoms with van der Waals surface area (Å²) in [7, 11) is 0. The fourth-order valence-electron chi connectivity index (χ4n) is 4.27. The number of hydrogen-bond acceptors (Lipinski definition) is 2. The van der Waals surface area contributed by atoms with Crippen LogP contribution >= 0.6 is 0 Å². The molecule has 3 nitrogen and oxygen atoms in total. The maximum atomic E-state index is 12.8. The zero-order valence-electron chi connectivity index (χ0n) is 12.7. The molecule has 2 aliphatic rings. The van der Waals surface area contributed by atoms with Gasteiger partial charge in [-0.2, -0.15) is 0 Å². The van der Waals surface area contributed by atoms with E-state index in [0.717, 1.165) is 17.2 Å². The van der Waals surface area contributed by atoms with Crippen molar-refractivity contribution in [1.29, 1.82) is 0 Å². The zero-order valence-corrected chi connectivity index (χ0v) is 12.7. The van der Waals surface area contributed by atoms with Crippen molar-refractivity contribution in [3.8, 4) is 0 Å². The summed E-state index contributed by atoms with van der Waals surface area (Å²) in [4.78, 5) is 24.3. The maximum Gasteiger partial charge on any atom is 0.307 e. The second-order valence-electron chi connectivity index (χ2n) is 6.84. The number of fused-ring (bicyclic) bond motifs is 3. The molecule has 0 aliphatic heterocycles. The molecule has 0 heterocycles. The van der Waals surface area contributed by atoms with Crippen molar-refractivity contribution in [2.75, 3.05) is 0 Å². The monoisotopic (exact) mass is 306 g/mol. The summed E-state index contributed by atoms with van der Waals surface area (Å²) in [5.41, 5.74) is 0.185. The lowest BCUT2D eigenvalue weighted by Crippen LogP contribution is -2.32. The van der Waals surface area contributed by atoms with Gasteiger partial charge in [0, 0.05) is 17.4 Å². The lowest BCUT2D eigenvalue weighted by atomic mass is 9.73. The average Bonchev–Trinajstić information content (AvgIpc) is 3.12. The average molecular weight is 306 g/mol. The Labute approximate surface area is 134 Å². The van der Waals surface area contributed by atoms with Gasteiger partial charge < -0.3 is 5.11 Å². The number of carboxylic acids is 1. The molecule has 2 aromatic carbocycles. The van der Waals surface area contributed by atoms with Crippen molar-refractivity contribution in [3.05, 3.63) is 60.2 Å². The third-order valence-corrected chi connectivity index (χ3v) is 5.43. The summed E-state index contributed by atoms with van der Waals surface area (Å²) in [6, 6.07) is 13.7. The van der Waals surface area contributed by atoms with Gasteiger partial charge in [0.25, 0.3) is 0 Å². The first kappa shape index (κ1) is 14.2. The highest BCUT2D eigenvalue weighted by molar-refractivity contribution is 6.00. The molecule has 3 heteroatoms. The summed E-state index contributed by atoms with van der Waals surface area (Å²) in [6.07, 6.45) is 5.82. The lowest BCUT2D eigenvalue weighted by Gasteiger charge is -2.28. The largest absolute Gasteiger partial charge is 0.481 e. The van der Waals surface area contributed by atoms with E-state index in [4.69, 9.17) is 0 Å². The zero-order chi connectivity index (χ0) is 16.0. The smallest absolute Gasteiger partial charge is 0.307 e. The topological polar surface area (TPSA) is 54.4 Å². The van der Waals surface area contributed by atoms with Gasteiger partial charge in [-0.3, -0.25) is 9.59 Å². The fraction of sp³-hybridized carbons (Fsp3) is 0.300. The highest BCUT2D eigenvalue weighted by Crippen LogP contribution is 2.55. The molecule has 116 valence electrons. The van der Waals surface area contributed by atoms with Gasteiger partial charge in [0.05, 0.1) is 5.92 Å². The van der Waals surface area contributed by atoms with Gasteiger partial charge >= 0.3 is 5.97 Å². The van der Waals surface area contributed by atoms with E-state index in [1.807, 2.05) is 48.5 Å². The highest BCUT2D eigenvalue weighted by atomic mass is 16.4. The van der Waals surface area contributed by atoms with Crippen molar-refractivity contribution in [1.82, 2.24) is 0 Å². The van der Waals surface area contributed by atoms with Crippen molar-refractivity contribution < 1.29 is 14.7 Å².